The highest BCUT2D eigenvalue weighted by molar-refractivity contribution is 7.89. The second-order valence-electron chi connectivity index (χ2n) is 7.60. The molecule has 2 heterocycles. The molecule has 4 rings (SSSR count). The number of sulfonamides is 1. The van der Waals surface area contributed by atoms with Crippen molar-refractivity contribution < 1.29 is 13.2 Å². The van der Waals surface area contributed by atoms with Gasteiger partial charge in [-0.15, -0.1) is 0 Å². The van der Waals surface area contributed by atoms with Gasteiger partial charge in [0.25, 0.3) is 5.91 Å². The molecular formula is C22H22ClN3O3S. The Kier molecular flexibility index (Phi) is 5.77. The van der Waals surface area contributed by atoms with Crippen LogP contribution in [0.3, 0.4) is 0 Å². The van der Waals surface area contributed by atoms with E-state index in [4.69, 9.17) is 11.6 Å². The lowest BCUT2D eigenvalue weighted by Gasteiger charge is -2.30. The van der Waals surface area contributed by atoms with E-state index in [9.17, 15) is 13.2 Å². The highest BCUT2D eigenvalue weighted by atomic mass is 35.5. The van der Waals surface area contributed by atoms with Gasteiger partial charge in [-0.25, -0.2) is 13.4 Å². The molecule has 0 radical (unpaired) electrons. The van der Waals surface area contributed by atoms with Gasteiger partial charge in [0.1, 0.15) is 10.7 Å². The zero-order chi connectivity index (χ0) is 21.3. The average molecular weight is 444 g/mol. The summed E-state index contributed by atoms with van der Waals surface area (Å²) >= 11 is 6.22. The van der Waals surface area contributed by atoms with Crippen LogP contribution in [0.2, 0.25) is 5.02 Å². The molecule has 156 valence electrons. The molecule has 2 aromatic carbocycles. The van der Waals surface area contributed by atoms with Crippen molar-refractivity contribution in [3.8, 4) is 0 Å². The van der Waals surface area contributed by atoms with Gasteiger partial charge in [0.2, 0.25) is 10.0 Å². The van der Waals surface area contributed by atoms with Crippen molar-refractivity contribution in [2.75, 3.05) is 18.4 Å². The highest BCUT2D eigenvalue weighted by Gasteiger charge is 2.31. The molecule has 0 spiro atoms. The van der Waals surface area contributed by atoms with Crippen LogP contribution in [-0.2, 0) is 10.0 Å². The number of para-hydroxylation sites is 1. The summed E-state index contributed by atoms with van der Waals surface area (Å²) in [6.07, 6.45) is 1.81. The molecule has 0 aliphatic carbocycles. The van der Waals surface area contributed by atoms with E-state index in [0.29, 0.717) is 18.9 Å². The number of nitrogens with one attached hydrogen (secondary N) is 1. The predicted octanol–water partition coefficient (Wildman–Crippen LogP) is 4.56. The lowest BCUT2D eigenvalue weighted by atomic mass is 10.0. The predicted molar refractivity (Wildman–Crippen MR) is 118 cm³/mol. The van der Waals surface area contributed by atoms with Crippen molar-refractivity contribution in [2.24, 2.45) is 5.92 Å². The first kappa shape index (κ1) is 20.8. The van der Waals surface area contributed by atoms with Gasteiger partial charge in [0.15, 0.2) is 0 Å². The lowest BCUT2D eigenvalue weighted by molar-refractivity contribution is 0.102. The number of hydrogen-bond donors (Lipinski definition) is 1. The van der Waals surface area contributed by atoms with Gasteiger partial charge < -0.3 is 5.32 Å². The van der Waals surface area contributed by atoms with Gasteiger partial charge in [-0.3, -0.25) is 4.79 Å². The Morgan fingerprint density at radius 3 is 2.77 bits per heavy atom. The quantitative estimate of drug-likeness (QED) is 0.641. The van der Waals surface area contributed by atoms with Crippen molar-refractivity contribution in [2.45, 2.75) is 24.7 Å². The van der Waals surface area contributed by atoms with Crippen molar-refractivity contribution in [3.63, 3.8) is 0 Å². The van der Waals surface area contributed by atoms with Crippen molar-refractivity contribution in [3.05, 3.63) is 65.2 Å². The number of hydrogen-bond acceptors (Lipinski definition) is 4. The summed E-state index contributed by atoms with van der Waals surface area (Å²) in [6, 6.07) is 15.5. The van der Waals surface area contributed by atoms with E-state index >= 15 is 0 Å². The van der Waals surface area contributed by atoms with E-state index in [0.717, 1.165) is 23.7 Å². The summed E-state index contributed by atoms with van der Waals surface area (Å²) in [7, 11) is -3.78. The Hall–Kier alpha value is -2.48. The second-order valence-corrected chi connectivity index (χ2v) is 9.91. The standard InChI is InChI=1S/C22H22ClN3O3S/c1-15-5-4-12-26(14-15)30(28,29)20-13-17(8-10-18(20)23)22(27)25-21-11-9-16-6-2-3-7-19(16)24-21/h2-3,6-11,13,15H,4-5,12,14H2,1H3,(H,24,25,27). The van der Waals surface area contributed by atoms with E-state index in [2.05, 4.69) is 10.3 Å². The summed E-state index contributed by atoms with van der Waals surface area (Å²) in [5.74, 6) is 0.235. The molecule has 1 amide bonds. The molecule has 1 unspecified atom stereocenters. The van der Waals surface area contributed by atoms with Crippen LogP contribution in [0, 0.1) is 5.92 Å². The van der Waals surface area contributed by atoms with E-state index < -0.39 is 15.9 Å². The maximum Gasteiger partial charge on any atom is 0.256 e. The zero-order valence-electron chi connectivity index (χ0n) is 16.5. The third kappa shape index (κ3) is 4.19. The summed E-state index contributed by atoms with van der Waals surface area (Å²) in [6.45, 7) is 2.94. The summed E-state index contributed by atoms with van der Waals surface area (Å²) in [4.78, 5) is 17.1. The maximum atomic E-state index is 13.1. The normalized spacial score (nSPS) is 17.7. The number of aromatic nitrogens is 1. The molecule has 1 atom stereocenters. The topological polar surface area (TPSA) is 79.4 Å². The molecular weight excluding hydrogens is 422 g/mol. The first-order valence-electron chi connectivity index (χ1n) is 9.81. The number of pyridine rings is 1. The smallest absolute Gasteiger partial charge is 0.256 e. The van der Waals surface area contributed by atoms with Gasteiger partial charge in [-0.1, -0.05) is 36.7 Å². The van der Waals surface area contributed by atoms with E-state index in [1.807, 2.05) is 37.3 Å². The number of anilines is 1. The Morgan fingerprint density at radius 1 is 1.17 bits per heavy atom. The van der Waals surface area contributed by atoms with E-state index in [1.54, 1.807) is 6.07 Å². The number of nitrogens with zero attached hydrogens (tertiary/aromatic N) is 2. The second kappa shape index (κ2) is 8.34. The largest absolute Gasteiger partial charge is 0.307 e. The van der Waals surface area contributed by atoms with E-state index in [1.165, 1.54) is 22.5 Å². The van der Waals surface area contributed by atoms with Crippen LogP contribution in [0.25, 0.3) is 10.9 Å². The minimum Gasteiger partial charge on any atom is -0.307 e. The monoisotopic (exact) mass is 443 g/mol. The first-order valence-corrected chi connectivity index (χ1v) is 11.6. The molecule has 8 heteroatoms. The fourth-order valence-electron chi connectivity index (χ4n) is 3.67. The fourth-order valence-corrected chi connectivity index (χ4v) is 5.77. The van der Waals surface area contributed by atoms with Crippen LogP contribution in [0.4, 0.5) is 5.82 Å². The van der Waals surface area contributed by atoms with Crippen molar-refractivity contribution >= 4 is 44.3 Å². The molecule has 0 bridgehead atoms. The third-order valence-electron chi connectivity index (χ3n) is 5.27. The first-order chi connectivity index (χ1) is 14.3. The van der Waals surface area contributed by atoms with Crippen LogP contribution in [0.1, 0.15) is 30.1 Å². The number of amides is 1. The summed E-state index contributed by atoms with van der Waals surface area (Å²) < 4.78 is 27.7. The highest BCUT2D eigenvalue weighted by Crippen LogP contribution is 2.29. The van der Waals surface area contributed by atoms with Crippen LogP contribution in [0.5, 0.6) is 0 Å². The van der Waals surface area contributed by atoms with Crippen molar-refractivity contribution in [1.82, 2.24) is 9.29 Å². The molecule has 1 aromatic heterocycles. The van der Waals surface area contributed by atoms with Crippen LogP contribution >= 0.6 is 11.6 Å². The molecule has 1 aliphatic rings. The third-order valence-corrected chi connectivity index (χ3v) is 7.62. The molecule has 1 fully saturated rings. The molecule has 0 saturated carbocycles. The van der Waals surface area contributed by atoms with Gasteiger partial charge in [0.05, 0.1) is 10.5 Å². The van der Waals surface area contributed by atoms with Crippen molar-refractivity contribution in [1.29, 1.82) is 0 Å². The Balaban J connectivity index is 1.61. The molecule has 1 saturated heterocycles. The van der Waals surface area contributed by atoms with Crippen LogP contribution in [-0.4, -0.2) is 36.7 Å². The van der Waals surface area contributed by atoms with Gasteiger partial charge in [-0.05, 0) is 55.2 Å². The molecule has 6 nitrogen and oxygen atoms in total. The number of carbonyl (C=O) groups excluding carboxylic acids is 1. The molecule has 1 N–H and O–H groups in total. The SMILES string of the molecule is CC1CCCN(S(=O)(=O)c2cc(C(=O)Nc3ccc4ccccc4n3)ccc2Cl)C1. The number of carbonyl (C=O) groups is 1. The lowest BCUT2D eigenvalue weighted by Crippen LogP contribution is -2.39. The summed E-state index contributed by atoms with van der Waals surface area (Å²) in [5.41, 5.74) is 0.965. The zero-order valence-corrected chi connectivity index (χ0v) is 18.1. The molecule has 1 aliphatic heterocycles. The number of piperidine rings is 1. The Morgan fingerprint density at radius 2 is 1.97 bits per heavy atom. The minimum absolute atomic E-state index is 0.0441. The van der Waals surface area contributed by atoms with Gasteiger partial charge >= 0.3 is 0 Å². The number of benzene rings is 2. The van der Waals surface area contributed by atoms with Crippen LogP contribution < -0.4 is 5.32 Å². The number of rotatable bonds is 4. The molecule has 3 aromatic rings. The summed E-state index contributed by atoms with van der Waals surface area (Å²) in [5, 5.41) is 3.80. The Bertz CT molecular complexity index is 1210. The van der Waals surface area contributed by atoms with E-state index in [-0.39, 0.29) is 21.4 Å². The average Bonchev–Trinajstić information content (AvgIpc) is 2.74. The maximum absolute atomic E-state index is 13.1. The van der Waals surface area contributed by atoms with Gasteiger partial charge in [0, 0.05) is 24.0 Å². The number of halogens is 1. The van der Waals surface area contributed by atoms with Gasteiger partial charge in [-0.2, -0.15) is 4.31 Å². The number of fused-ring (bicyclic) bond motifs is 1. The molecule has 30 heavy (non-hydrogen) atoms. The van der Waals surface area contributed by atoms with Crippen LogP contribution in [0.15, 0.2) is 59.5 Å². The fraction of sp³-hybridized carbons (Fsp3) is 0.273. The minimum atomic E-state index is -3.78. The Labute approximate surface area is 180 Å².